The number of hydrogen-bond acceptors (Lipinski definition) is 2. The Morgan fingerprint density at radius 2 is 1.78 bits per heavy atom. The van der Waals surface area contributed by atoms with Crippen LogP contribution in [0.15, 0.2) is 12.1 Å². The number of nitrogens with one attached hydrogen (secondary N) is 1. The van der Waals surface area contributed by atoms with Crippen LogP contribution in [-0.4, -0.2) is 29.9 Å². The Bertz CT molecular complexity index is 494. The Labute approximate surface area is 108 Å². The molecule has 1 aromatic rings. The van der Waals surface area contributed by atoms with Crippen LogP contribution in [-0.2, 0) is 19.4 Å². The van der Waals surface area contributed by atoms with Crippen molar-refractivity contribution < 1.29 is 4.79 Å². The topological polar surface area (TPSA) is 32.3 Å². The summed E-state index contributed by atoms with van der Waals surface area (Å²) in [5, 5.41) is 3.41. The maximum Gasteiger partial charge on any atom is 0.254 e. The molecule has 0 saturated carbocycles. The summed E-state index contributed by atoms with van der Waals surface area (Å²) in [6, 6.07) is 4.69. The molecule has 2 aliphatic heterocycles. The Kier molecular flexibility index (Phi) is 2.86. The van der Waals surface area contributed by atoms with Gasteiger partial charge in [-0.3, -0.25) is 4.79 Å². The maximum absolute atomic E-state index is 12.3. The third kappa shape index (κ3) is 1.83. The molecule has 0 fully saturated rings. The van der Waals surface area contributed by atoms with Crippen molar-refractivity contribution in [3.05, 3.63) is 34.4 Å². The van der Waals surface area contributed by atoms with Crippen LogP contribution in [0.2, 0.25) is 0 Å². The second-order valence-corrected chi connectivity index (χ2v) is 5.55. The Hall–Kier alpha value is -1.35. The summed E-state index contributed by atoms with van der Waals surface area (Å²) in [6.07, 6.45) is 2.12. The van der Waals surface area contributed by atoms with Gasteiger partial charge in [-0.05, 0) is 62.5 Å². The summed E-state index contributed by atoms with van der Waals surface area (Å²) in [7, 11) is 0. The van der Waals surface area contributed by atoms with Crippen LogP contribution < -0.4 is 5.32 Å². The van der Waals surface area contributed by atoms with Gasteiger partial charge in [0.2, 0.25) is 0 Å². The van der Waals surface area contributed by atoms with Gasteiger partial charge >= 0.3 is 0 Å². The van der Waals surface area contributed by atoms with Gasteiger partial charge in [0.25, 0.3) is 5.91 Å². The lowest BCUT2D eigenvalue weighted by atomic mass is 9.97. The van der Waals surface area contributed by atoms with E-state index in [0.717, 1.165) is 38.0 Å². The highest BCUT2D eigenvalue weighted by molar-refractivity contribution is 5.98. The summed E-state index contributed by atoms with van der Waals surface area (Å²) in [4.78, 5) is 14.3. The van der Waals surface area contributed by atoms with E-state index >= 15 is 0 Å². The Morgan fingerprint density at radius 1 is 1.11 bits per heavy atom. The molecule has 0 saturated heterocycles. The predicted molar refractivity (Wildman–Crippen MR) is 71.7 cm³/mol. The van der Waals surface area contributed by atoms with Gasteiger partial charge in [0.05, 0.1) is 0 Å². The number of carbonyl (C=O) groups excluding carboxylic acids is 1. The van der Waals surface area contributed by atoms with E-state index in [1.54, 1.807) is 0 Å². The van der Waals surface area contributed by atoms with Crippen LogP contribution in [0.1, 0.15) is 40.9 Å². The molecule has 0 unspecified atom stereocenters. The lowest BCUT2D eigenvalue weighted by Gasteiger charge is -2.19. The molecule has 18 heavy (non-hydrogen) atoms. The maximum atomic E-state index is 12.3. The summed E-state index contributed by atoms with van der Waals surface area (Å²) < 4.78 is 0. The molecule has 0 aromatic heterocycles. The number of nitrogens with zero attached hydrogens (tertiary/aromatic N) is 1. The summed E-state index contributed by atoms with van der Waals surface area (Å²) in [6.45, 7) is 7.02. The zero-order valence-electron chi connectivity index (χ0n) is 11.1. The molecule has 1 aromatic carbocycles. The van der Waals surface area contributed by atoms with E-state index in [1.807, 2.05) is 4.90 Å². The molecular weight excluding hydrogens is 224 g/mol. The molecule has 96 valence electrons. The molecule has 3 nitrogen and oxygen atoms in total. The third-order valence-electron chi connectivity index (χ3n) is 4.02. The molecule has 0 spiro atoms. The first-order valence-corrected chi connectivity index (χ1v) is 6.83. The largest absolute Gasteiger partial charge is 0.332 e. The van der Waals surface area contributed by atoms with Crippen LogP contribution in [0.25, 0.3) is 0 Å². The highest BCUT2D eigenvalue weighted by Crippen LogP contribution is 2.28. The van der Waals surface area contributed by atoms with Crippen LogP contribution in [0.4, 0.5) is 0 Å². The van der Waals surface area contributed by atoms with Gasteiger partial charge in [-0.1, -0.05) is 6.07 Å². The van der Waals surface area contributed by atoms with Gasteiger partial charge < -0.3 is 10.2 Å². The number of fused-ring (bicyclic) bond motifs is 2. The Morgan fingerprint density at radius 3 is 2.44 bits per heavy atom. The van der Waals surface area contributed by atoms with Crippen LogP contribution in [0.3, 0.4) is 0 Å². The summed E-state index contributed by atoms with van der Waals surface area (Å²) >= 11 is 0. The number of benzene rings is 1. The summed E-state index contributed by atoms with van der Waals surface area (Å²) in [5.41, 5.74) is 4.94. The smallest absolute Gasteiger partial charge is 0.254 e. The SMILES string of the molecule is CC(C)N1Cc2cc3c(cc2C1=O)CCNCC3. The third-order valence-corrected chi connectivity index (χ3v) is 4.02. The van der Waals surface area contributed by atoms with E-state index in [0.29, 0.717) is 0 Å². The van der Waals surface area contributed by atoms with Crippen LogP contribution >= 0.6 is 0 Å². The second kappa shape index (κ2) is 4.39. The number of amides is 1. The highest BCUT2D eigenvalue weighted by atomic mass is 16.2. The van der Waals surface area contributed by atoms with Gasteiger partial charge in [-0.15, -0.1) is 0 Å². The van der Waals surface area contributed by atoms with Crippen molar-refractivity contribution in [2.24, 2.45) is 0 Å². The van der Waals surface area contributed by atoms with Gasteiger partial charge in [-0.2, -0.15) is 0 Å². The van der Waals surface area contributed by atoms with Crippen molar-refractivity contribution >= 4 is 5.91 Å². The van der Waals surface area contributed by atoms with Gasteiger partial charge in [0, 0.05) is 18.2 Å². The van der Waals surface area contributed by atoms with Gasteiger partial charge in [-0.25, -0.2) is 0 Å². The van der Waals surface area contributed by atoms with Crippen molar-refractivity contribution in [2.75, 3.05) is 13.1 Å². The van der Waals surface area contributed by atoms with E-state index in [9.17, 15) is 4.79 Å². The van der Waals surface area contributed by atoms with Crippen LogP contribution in [0.5, 0.6) is 0 Å². The fourth-order valence-corrected chi connectivity index (χ4v) is 2.93. The highest BCUT2D eigenvalue weighted by Gasteiger charge is 2.30. The zero-order valence-corrected chi connectivity index (χ0v) is 11.1. The van der Waals surface area contributed by atoms with E-state index in [2.05, 4.69) is 31.3 Å². The number of hydrogen-bond donors (Lipinski definition) is 1. The summed E-state index contributed by atoms with van der Waals surface area (Å²) in [5.74, 6) is 0.208. The standard InChI is InChI=1S/C15H20N2O/c1-10(2)17-9-13-7-11-3-5-16-6-4-12(11)8-14(13)15(17)18/h7-8,10,16H,3-6,9H2,1-2H3. The molecule has 1 amide bonds. The minimum Gasteiger partial charge on any atom is -0.332 e. The minimum absolute atomic E-state index is 0.208. The minimum atomic E-state index is 0.208. The average Bonchev–Trinajstić information content (AvgIpc) is 2.53. The van der Waals surface area contributed by atoms with Gasteiger partial charge in [0.1, 0.15) is 0 Å². The van der Waals surface area contributed by atoms with E-state index in [4.69, 9.17) is 0 Å². The predicted octanol–water partition coefficient (Wildman–Crippen LogP) is 1.74. The first-order chi connectivity index (χ1) is 8.66. The normalized spacial score (nSPS) is 18.8. The zero-order chi connectivity index (χ0) is 12.7. The van der Waals surface area contributed by atoms with E-state index in [-0.39, 0.29) is 11.9 Å². The van der Waals surface area contributed by atoms with Gasteiger partial charge in [0.15, 0.2) is 0 Å². The fraction of sp³-hybridized carbons (Fsp3) is 0.533. The lowest BCUT2D eigenvalue weighted by Crippen LogP contribution is -2.30. The molecule has 2 heterocycles. The van der Waals surface area contributed by atoms with Crippen LogP contribution in [0, 0.1) is 0 Å². The van der Waals surface area contributed by atoms with E-state index < -0.39 is 0 Å². The quantitative estimate of drug-likeness (QED) is 0.816. The molecule has 2 aliphatic rings. The average molecular weight is 244 g/mol. The molecule has 3 rings (SSSR count). The monoisotopic (exact) mass is 244 g/mol. The molecule has 0 aliphatic carbocycles. The molecule has 1 N–H and O–H groups in total. The first-order valence-electron chi connectivity index (χ1n) is 6.83. The Balaban J connectivity index is 2.01. The van der Waals surface area contributed by atoms with Crippen molar-refractivity contribution in [1.29, 1.82) is 0 Å². The second-order valence-electron chi connectivity index (χ2n) is 5.55. The van der Waals surface area contributed by atoms with Crippen molar-refractivity contribution in [2.45, 2.75) is 39.3 Å². The van der Waals surface area contributed by atoms with Crippen molar-refractivity contribution in [1.82, 2.24) is 10.2 Å². The molecule has 0 radical (unpaired) electrons. The number of rotatable bonds is 1. The molecule has 0 atom stereocenters. The molecule has 0 bridgehead atoms. The van der Waals surface area contributed by atoms with E-state index in [1.165, 1.54) is 16.7 Å². The van der Waals surface area contributed by atoms with Crippen molar-refractivity contribution in [3.63, 3.8) is 0 Å². The fourth-order valence-electron chi connectivity index (χ4n) is 2.93. The molecular formula is C15H20N2O. The first kappa shape index (κ1) is 11.7. The number of carbonyl (C=O) groups is 1. The molecule has 3 heteroatoms. The van der Waals surface area contributed by atoms with Crippen molar-refractivity contribution in [3.8, 4) is 0 Å². The lowest BCUT2D eigenvalue weighted by molar-refractivity contribution is 0.0730.